The molecular formula is C5H8N2O3. The molecule has 0 aliphatic rings. The van der Waals surface area contributed by atoms with Gasteiger partial charge in [0.2, 0.25) is 5.91 Å². The molecule has 5 heteroatoms. The van der Waals surface area contributed by atoms with Gasteiger partial charge in [0.05, 0.1) is 6.42 Å². The van der Waals surface area contributed by atoms with Gasteiger partial charge in [0, 0.05) is 0 Å². The summed E-state index contributed by atoms with van der Waals surface area (Å²) >= 11 is 0. The molecule has 0 aromatic heterocycles. The first-order chi connectivity index (χ1) is 4.52. The lowest BCUT2D eigenvalue weighted by Gasteiger charge is -1.95. The van der Waals surface area contributed by atoms with E-state index in [1.54, 1.807) is 5.32 Å². The van der Waals surface area contributed by atoms with Crippen molar-refractivity contribution >= 4 is 17.7 Å². The van der Waals surface area contributed by atoms with E-state index in [2.05, 4.69) is 5.73 Å². The van der Waals surface area contributed by atoms with Crippen molar-refractivity contribution < 1.29 is 14.4 Å². The van der Waals surface area contributed by atoms with Crippen LogP contribution < -0.4 is 11.1 Å². The number of carbonyl (C=O) groups is 3. The summed E-state index contributed by atoms with van der Waals surface area (Å²) in [6.07, 6.45) is -0.303. The van der Waals surface area contributed by atoms with Gasteiger partial charge in [-0.1, -0.05) is 0 Å². The molecule has 3 N–H and O–H groups in total. The first kappa shape index (κ1) is 8.61. The number of primary amides is 1. The normalized spacial score (nSPS) is 8.50. The summed E-state index contributed by atoms with van der Waals surface area (Å²) in [5, 5.41) is 1.75. The number of hydrogen-bond acceptors (Lipinski definition) is 3. The Kier molecular flexibility index (Phi) is 3.10. The summed E-state index contributed by atoms with van der Waals surface area (Å²) in [7, 11) is 0. The van der Waals surface area contributed by atoms with Crippen molar-refractivity contribution in [2.45, 2.75) is 13.3 Å². The molecule has 0 aliphatic carbocycles. The fraction of sp³-hybridized carbons (Fsp3) is 0.400. The maximum absolute atomic E-state index is 10.4. The van der Waals surface area contributed by atoms with Crippen LogP contribution in [0.15, 0.2) is 0 Å². The monoisotopic (exact) mass is 144 g/mol. The third-order valence-corrected chi connectivity index (χ3v) is 0.672. The molecule has 0 atom stereocenters. The molecule has 0 rings (SSSR count). The lowest BCUT2D eigenvalue weighted by atomic mass is 10.3. The molecule has 0 aliphatic heterocycles. The minimum atomic E-state index is -0.939. The van der Waals surface area contributed by atoms with Crippen molar-refractivity contribution in [3.63, 3.8) is 0 Å². The van der Waals surface area contributed by atoms with E-state index in [0.29, 0.717) is 0 Å². The SMILES string of the molecule is CC(=O)CC(=O)NC(N)=O. The summed E-state index contributed by atoms with van der Waals surface area (Å²) in [5.41, 5.74) is 4.59. The molecule has 3 amide bonds. The Balaban J connectivity index is 3.65. The largest absolute Gasteiger partial charge is 0.351 e. The molecule has 0 spiro atoms. The van der Waals surface area contributed by atoms with Gasteiger partial charge < -0.3 is 5.73 Å². The predicted molar refractivity (Wildman–Crippen MR) is 33.0 cm³/mol. The van der Waals surface area contributed by atoms with Gasteiger partial charge in [0.1, 0.15) is 5.78 Å². The van der Waals surface area contributed by atoms with Crippen molar-refractivity contribution in [2.24, 2.45) is 5.73 Å². The van der Waals surface area contributed by atoms with Crippen LogP contribution in [-0.2, 0) is 9.59 Å². The highest BCUT2D eigenvalue weighted by Gasteiger charge is 2.05. The van der Waals surface area contributed by atoms with Gasteiger partial charge in [-0.2, -0.15) is 0 Å². The molecule has 5 nitrogen and oxygen atoms in total. The van der Waals surface area contributed by atoms with Gasteiger partial charge >= 0.3 is 6.03 Å². The van der Waals surface area contributed by atoms with Crippen LogP contribution in [0.2, 0.25) is 0 Å². The van der Waals surface area contributed by atoms with Gasteiger partial charge in [0.25, 0.3) is 0 Å². The van der Waals surface area contributed by atoms with Crippen LogP contribution >= 0.6 is 0 Å². The Morgan fingerprint density at radius 2 is 1.90 bits per heavy atom. The molecule has 10 heavy (non-hydrogen) atoms. The number of urea groups is 1. The second kappa shape index (κ2) is 3.60. The van der Waals surface area contributed by atoms with Crippen LogP contribution in [0.3, 0.4) is 0 Å². The Bertz CT molecular complexity index is 158. The van der Waals surface area contributed by atoms with Crippen LogP contribution in [0, 0.1) is 0 Å². The van der Waals surface area contributed by atoms with Gasteiger partial charge in [-0.3, -0.25) is 14.9 Å². The fourth-order valence-corrected chi connectivity index (χ4v) is 0.408. The second-order valence-corrected chi connectivity index (χ2v) is 1.79. The molecular weight excluding hydrogens is 136 g/mol. The topological polar surface area (TPSA) is 89.3 Å². The molecule has 0 heterocycles. The van der Waals surface area contributed by atoms with E-state index in [1.165, 1.54) is 6.92 Å². The van der Waals surface area contributed by atoms with Crippen molar-refractivity contribution in [1.82, 2.24) is 5.32 Å². The van der Waals surface area contributed by atoms with Gasteiger partial charge in [-0.15, -0.1) is 0 Å². The third kappa shape index (κ3) is 4.76. The van der Waals surface area contributed by atoms with Crippen LogP contribution in [0.1, 0.15) is 13.3 Å². The average Bonchev–Trinajstić information content (AvgIpc) is 1.58. The number of ketones is 1. The minimum absolute atomic E-state index is 0.303. The summed E-state index contributed by atoms with van der Waals surface area (Å²) in [4.78, 5) is 30.6. The van der Waals surface area contributed by atoms with Crippen LogP contribution in [0.5, 0.6) is 0 Å². The van der Waals surface area contributed by atoms with Crippen molar-refractivity contribution in [2.75, 3.05) is 0 Å². The first-order valence-corrected chi connectivity index (χ1v) is 2.61. The first-order valence-electron chi connectivity index (χ1n) is 2.61. The van der Waals surface area contributed by atoms with E-state index in [-0.39, 0.29) is 12.2 Å². The number of Topliss-reactive ketones (excluding diaryl/α,β-unsaturated/α-hetero) is 1. The zero-order valence-electron chi connectivity index (χ0n) is 5.51. The highest BCUT2D eigenvalue weighted by atomic mass is 16.2. The Hall–Kier alpha value is -1.39. The fourth-order valence-electron chi connectivity index (χ4n) is 0.408. The maximum Gasteiger partial charge on any atom is 0.318 e. The summed E-state index contributed by atoms with van der Waals surface area (Å²) in [5.74, 6) is -0.973. The van der Waals surface area contributed by atoms with Crippen molar-refractivity contribution in [3.05, 3.63) is 0 Å². The number of nitrogens with two attached hydrogens (primary N) is 1. The van der Waals surface area contributed by atoms with E-state index in [4.69, 9.17) is 0 Å². The summed E-state index contributed by atoms with van der Waals surface area (Å²) < 4.78 is 0. The number of amides is 3. The smallest absolute Gasteiger partial charge is 0.318 e. The number of hydrogen-bond donors (Lipinski definition) is 2. The maximum atomic E-state index is 10.4. The van der Waals surface area contributed by atoms with E-state index < -0.39 is 11.9 Å². The van der Waals surface area contributed by atoms with Crippen molar-refractivity contribution in [1.29, 1.82) is 0 Å². The summed E-state index contributed by atoms with van der Waals surface area (Å²) in [6.45, 7) is 1.25. The predicted octanol–water partition coefficient (Wildman–Crippen LogP) is -0.840. The number of nitrogens with one attached hydrogen (secondary N) is 1. The molecule has 0 aromatic carbocycles. The minimum Gasteiger partial charge on any atom is -0.351 e. The van der Waals surface area contributed by atoms with Gasteiger partial charge in [-0.05, 0) is 6.92 Å². The average molecular weight is 144 g/mol. The van der Waals surface area contributed by atoms with E-state index >= 15 is 0 Å². The highest BCUT2D eigenvalue weighted by molar-refractivity contribution is 6.03. The van der Waals surface area contributed by atoms with Gasteiger partial charge in [0.15, 0.2) is 0 Å². The standard InChI is InChI=1S/C5H8N2O3/c1-3(8)2-4(9)7-5(6)10/h2H2,1H3,(H3,6,7,9,10). The molecule has 0 unspecified atom stereocenters. The van der Waals surface area contributed by atoms with E-state index in [0.717, 1.165) is 0 Å². The molecule has 0 fully saturated rings. The molecule has 0 saturated heterocycles. The van der Waals surface area contributed by atoms with E-state index in [1.807, 2.05) is 0 Å². The van der Waals surface area contributed by atoms with Crippen molar-refractivity contribution in [3.8, 4) is 0 Å². The van der Waals surface area contributed by atoms with Crippen LogP contribution in [-0.4, -0.2) is 17.7 Å². The number of carbonyl (C=O) groups excluding carboxylic acids is 3. The van der Waals surface area contributed by atoms with Gasteiger partial charge in [-0.25, -0.2) is 4.79 Å². The van der Waals surface area contributed by atoms with E-state index in [9.17, 15) is 14.4 Å². The third-order valence-electron chi connectivity index (χ3n) is 0.672. The Labute approximate surface area is 57.6 Å². The molecule has 0 radical (unpaired) electrons. The Morgan fingerprint density at radius 3 is 2.20 bits per heavy atom. The number of rotatable bonds is 2. The second-order valence-electron chi connectivity index (χ2n) is 1.79. The molecule has 0 saturated carbocycles. The lowest BCUT2D eigenvalue weighted by Crippen LogP contribution is -2.35. The zero-order valence-corrected chi connectivity index (χ0v) is 5.51. The Morgan fingerprint density at radius 1 is 1.40 bits per heavy atom. The summed E-state index contributed by atoms with van der Waals surface area (Å²) in [6, 6.07) is -0.939. The quantitative estimate of drug-likeness (QED) is 0.495. The molecule has 0 bridgehead atoms. The lowest BCUT2D eigenvalue weighted by molar-refractivity contribution is -0.126. The molecule has 0 aromatic rings. The van der Waals surface area contributed by atoms with Crippen LogP contribution in [0.4, 0.5) is 4.79 Å². The molecule has 56 valence electrons. The highest BCUT2D eigenvalue weighted by Crippen LogP contribution is 1.79. The van der Waals surface area contributed by atoms with Crippen LogP contribution in [0.25, 0.3) is 0 Å². The zero-order chi connectivity index (χ0) is 8.15. The number of imide groups is 1.